The number of amides is 1. The van der Waals surface area contributed by atoms with E-state index in [-0.39, 0.29) is 12.5 Å². The van der Waals surface area contributed by atoms with Gasteiger partial charge in [-0.1, -0.05) is 18.2 Å². The Balaban J connectivity index is 1.72. The van der Waals surface area contributed by atoms with Crippen molar-refractivity contribution in [1.82, 2.24) is 0 Å². The summed E-state index contributed by atoms with van der Waals surface area (Å²) in [5, 5.41) is 3.41. The number of esters is 1. The van der Waals surface area contributed by atoms with E-state index >= 15 is 0 Å². The summed E-state index contributed by atoms with van der Waals surface area (Å²) in [7, 11) is 1.34. The predicted octanol–water partition coefficient (Wildman–Crippen LogP) is 3.23. The van der Waals surface area contributed by atoms with Gasteiger partial charge in [-0.25, -0.2) is 4.79 Å². The van der Waals surface area contributed by atoms with Gasteiger partial charge < -0.3 is 15.0 Å². The molecule has 0 aliphatic carbocycles. The zero-order chi connectivity index (χ0) is 17.1. The molecule has 0 atom stereocenters. The van der Waals surface area contributed by atoms with Gasteiger partial charge in [0.1, 0.15) is 5.00 Å². The van der Waals surface area contributed by atoms with Crippen molar-refractivity contribution in [3.63, 3.8) is 0 Å². The van der Waals surface area contributed by atoms with Gasteiger partial charge >= 0.3 is 5.97 Å². The van der Waals surface area contributed by atoms with Crippen LogP contribution in [0.3, 0.4) is 0 Å². The summed E-state index contributed by atoms with van der Waals surface area (Å²) in [6.07, 6.45) is 2.08. The number of hydrogen-bond acceptors (Lipinski definition) is 5. The van der Waals surface area contributed by atoms with Crippen LogP contribution in [-0.4, -0.2) is 32.1 Å². The van der Waals surface area contributed by atoms with Gasteiger partial charge in [0.05, 0.1) is 19.2 Å². The molecule has 0 spiro atoms. The lowest BCUT2D eigenvalue weighted by Crippen LogP contribution is -2.36. The fourth-order valence-electron chi connectivity index (χ4n) is 2.98. The molecule has 1 aliphatic rings. The number of thiophene rings is 1. The Morgan fingerprint density at radius 2 is 2.12 bits per heavy atom. The summed E-state index contributed by atoms with van der Waals surface area (Å²) in [4.78, 5) is 27.3. The molecule has 2 heterocycles. The van der Waals surface area contributed by atoms with Crippen LogP contribution in [-0.2, 0) is 16.0 Å². The van der Waals surface area contributed by atoms with Crippen molar-refractivity contribution in [1.29, 1.82) is 0 Å². The Hall–Kier alpha value is -2.34. The van der Waals surface area contributed by atoms with Gasteiger partial charge in [-0.15, -0.1) is 11.3 Å². The van der Waals surface area contributed by atoms with Crippen LogP contribution in [0.25, 0.3) is 0 Å². The third-order valence-electron chi connectivity index (χ3n) is 4.05. The summed E-state index contributed by atoms with van der Waals surface area (Å²) in [5.74, 6) is -0.559. The van der Waals surface area contributed by atoms with E-state index in [0.29, 0.717) is 10.6 Å². The number of rotatable bonds is 4. The lowest BCUT2D eigenvalue weighted by atomic mass is 10.0. The maximum Gasteiger partial charge on any atom is 0.340 e. The van der Waals surface area contributed by atoms with Crippen LogP contribution in [0.5, 0.6) is 0 Å². The van der Waals surface area contributed by atoms with Gasteiger partial charge in [0.25, 0.3) is 0 Å². The Labute approximate surface area is 145 Å². The second-order valence-electron chi connectivity index (χ2n) is 5.79. The third kappa shape index (κ3) is 3.43. The van der Waals surface area contributed by atoms with E-state index in [0.717, 1.165) is 30.0 Å². The first-order chi connectivity index (χ1) is 11.6. The fourth-order valence-corrected chi connectivity index (χ4v) is 3.90. The smallest absolute Gasteiger partial charge is 0.340 e. The molecule has 1 aromatic carbocycles. The highest BCUT2D eigenvalue weighted by molar-refractivity contribution is 7.16. The second-order valence-corrected chi connectivity index (χ2v) is 7.05. The maximum absolute atomic E-state index is 12.5. The monoisotopic (exact) mass is 344 g/mol. The standard InChI is InChI=1S/C18H20N2O3S/c1-12-10-14(18(22)23-2)17(24-12)19-16(21)11-20-9-5-7-13-6-3-4-8-15(13)20/h3-4,6,8,10H,5,7,9,11H2,1-2H3,(H,19,21). The van der Waals surface area contributed by atoms with E-state index in [1.54, 1.807) is 6.07 Å². The molecule has 1 amide bonds. The molecule has 5 nitrogen and oxygen atoms in total. The number of methoxy groups -OCH3 is 1. The number of carbonyl (C=O) groups is 2. The first-order valence-electron chi connectivity index (χ1n) is 7.90. The lowest BCUT2D eigenvalue weighted by Gasteiger charge is -2.30. The van der Waals surface area contributed by atoms with E-state index in [1.807, 2.05) is 19.1 Å². The van der Waals surface area contributed by atoms with Crippen LogP contribution in [0.2, 0.25) is 0 Å². The zero-order valence-electron chi connectivity index (χ0n) is 13.8. The number of aryl methyl sites for hydroxylation is 2. The van der Waals surface area contributed by atoms with Gasteiger partial charge in [-0.3, -0.25) is 4.79 Å². The van der Waals surface area contributed by atoms with Gasteiger partial charge in [-0.05, 0) is 37.5 Å². The number of anilines is 2. The van der Waals surface area contributed by atoms with Gasteiger partial charge in [0.15, 0.2) is 0 Å². The Morgan fingerprint density at radius 3 is 2.92 bits per heavy atom. The Morgan fingerprint density at radius 1 is 1.33 bits per heavy atom. The van der Waals surface area contributed by atoms with Crippen molar-refractivity contribution >= 4 is 33.9 Å². The molecule has 0 fully saturated rings. The van der Waals surface area contributed by atoms with Crippen LogP contribution >= 0.6 is 11.3 Å². The normalized spacial score (nSPS) is 13.3. The van der Waals surface area contributed by atoms with Crippen molar-refractivity contribution in [2.24, 2.45) is 0 Å². The predicted molar refractivity (Wildman–Crippen MR) is 96.0 cm³/mol. The first-order valence-corrected chi connectivity index (χ1v) is 8.71. The second kappa shape index (κ2) is 7.05. The van der Waals surface area contributed by atoms with Crippen LogP contribution in [0.1, 0.15) is 27.2 Å². The minimum absolute atomic E-state index is 0.126. The minimum Gasteiger partial charge on any atom is -0.465 e. The molecule has 24 heavy (non-hydrogen) atoms. The van der Waals surface area contributed by atoms with Crippen molar-refractivity contribution in [2.75, 3.05) is 30.4 Å². The van der Waals surface area contributed by atoms with Crippen molar-refractivity contribution in [3.05, 3.63) is 46.3 Å². The van der Waals surface area contributed by atoms with Crippen molar-refractivity contribution in [3.8, 4) is 0 Å². The number of ether oxygens (including phenoxy) is 1. The largest absolute Gasteiger partial charge is 0.465 e. The minimum atomic E-state index is -0.432. The molecular weight excluding hydrogens is 324 g/mol. The summed E-state index contributed by atoms with van der Waals surface area (Å²) in [5.41, 5.74) is 2.81. The van der Waals surface area contributed by atoms with Crippen molar-refractivity contribution in [2.45, 2.75) is 19.8 Å². The average molecular weight is 344 g/mol. The highest BCUT2D eigenvalue weighted by atomic mass is 32.1. The highest BCUT2D eigenvalue weighted by Crippen LogP contribution is 2.29. The van der Waals surface area contributed by atoms with Crippen LogP contribution in [0.4, 0.5) is 10.7 Å². The average Bonchev–Trinajstić information content (AvgIpc) is 2.94. The molecule has 126 valence electrons. The van der Waals surface area contributed by atoms with Gasteiger partial charge in [0.2, 0.25) is 5.91 Å². The first kappa shape index (κ1) is 16.5. The summed E-state index contributed by atoms with van der Waals surface area (Å²) >= 11 is 1.38. The summed E-state index contributed by atoms with van der Waals surface area (Å²) in [6, 6.07) is 9.92. The van der Waals surface area contributed by atoms with Crippen LogP contribution < -0.4 is 10.2 Å². The molecule has 0 radical (unpaired) electrons. The molecule has 1 aliphatic heterocycles. The number of hydrogen-bond donors (Lipinski definition) is 1. The molecule has 0 bridgehead atoms. The molecule has 2 aromatic rings. The Kier molecular flexibility index (Phi) is 4.85. The number of benzene rings is 1. The quantitative estimate of drug-likeness (QED) is 0.865. The number of para-hydroxylation sites is 1. The van der Waals surface area contributed by atoms with Crippen LogP contribution in [0.15, 0.2) is 30.3 Å². The number of nitrogens with one attached hydrogen (secondary N) is 1. The van der Waals surface area contributed by atoms with E-state index in [4.69, 9.17) is 4.74 Å². The topological polar surface area (TPSA) is 58.6 Å². The molecule has 1 aromatic heterocycles. The molecule has 6 heteroatoms. The molecule has 3 rings (SSSR count). The van der Waals surface area contributed by atoms with E-state index < -0.39 is 5.97 Å². The van der Waals surface area contributed by atoms with Crippen LogP contribution in [0, 0.1) is 6.92 Å². The van der Waals surface area contributed by atoms with E-state index in [9.17, 15) is 9.59 Å². The van der Waals surface area contributed by atoms with Gasteiger partial charge in [0, 0.05) is 17.1 Å². The van der Waals surface area contributed by atoms with Gasteiger partial charge in [-0.2, -0.15) is 0 Å². The summed E-state index contributed by atoms with van der Waals surface area (Å²) in [6.45, 7) is 3.03. The van der Waals surface area contributed by atoms with E-state index in [2.05, 4.69) is 22.3 Å². The SMILES string of the molecule is COC(=O)c1cc(C)sc1NC(=O)CN1CCCc2ccccc21. The number of carbonyl (C=O) groups excluding carboxylic acids is 2. The fraction of sp³-hybridized carbons (Fsp3) is 0.333. The Bertz CT molecular complexity index is 769. The highest BCUT2D eigenvalue weighted by Gasteiger charge is 2.21. The lowest BCUT2D eigenvalue weighted by molar-refractivity contribution is -0.115. The van der Waals surface area contributed by atoms with E-state index in [1.165, 1.54) is 24.0 Å². The molecular formula is C18H20N2O3S. The maximum atomic E-state index is 12.5. The number of fused-ring (bicyclic) bond motifs is 1. The molecule has 0 saturated heterocycles. The third-order valence-corrected chi connectivity index (χ3v) is 5.02. The number of nitrogens with zero attached hydrogens (tertiary/aromatic N) is 1. The molecule has 1 N–H and O–H groups in total. The molecule has 0 saturated carbocycles. The molecule has 0 unspecified atom stereocenters. The zero-order valence-corrected chi connectivity index (χ0v) is 14.6. The van der Waals surface area contributed by atoms with Crippen molar-refractivity contribution < 1.29 is 14.3 Å². The summed E-state index contributed by atoms with van der Waals surface area (Å²) < 4.78 is 4.77.